The van der Waals surface area contributed by atoms with E-state index in [1.807, 2.05) is 44.2 Å². The number of carbonyl (C=O) groups excluding carboxylic acids is 1. The van der Waals surface area contributed by atoms with E-state index in [2.05, 4.69) is 11.9 Å². The molecule has 0 aliphatic carbocycles. The van der Waals surface area contributed by atoms with E-state index >= 15 is 0 Å². The van der Waals surface area contributed by atoms with Crippen molar-refractivity contribution in [2.45, 2.75) is 30.8 Å². The molecule has 0 radical (unpaired) electrons. The van der Waals surface area contributed by atoms with Gasteiger partial charge in [0.1, 0.15) is 15.8 Å². The predicted molar refractivity (Wildman–Crippen MR) is 145 cm³/mol. The average Bonchev–Trinajstić information content (AvgIpc) is 3.13. The average molecular weight is 526 g/mol. The number of hydrogen-bond acceptors (Lipinski definition) is 6. The second-order valence-corrected chi connectivity index (χ2v) is 10.5. The summed E-state index contributed by atoms with van der Waals surface area (Å²) in [5, 5.41) is 3.74. The fourth-order valence-corrected chi connectivity index (χ4v) is 6.08. The van der Waals surface area contributed by atoms with Crippen LogP contribution in [0.2, 0.25) is 5.02 Å². The van der Waals surface area contributed by atoms with Crippen LogP contribution >= 0.6 is 34.7 Å². The van der Waals surface area contributed by atoms with Gasteiger partial charge in [-0.05, 0) is 43.2 Å². The lowest BCUT2D eigenvalue weighted by molar-refractivity contribution is -0.115. The number of allylic oxidation sites excluding steroid dienone is 1. The fraction of sp³-hybridized carbons (Fsp3) is 0.192. The van der Waals surface area contributed by atoms with Gasteiger partial charge >= 0.3 is 0 Å². The summed E-state index contributed by atoms with van der Waals surface area (Å²) in [6.45, 7) is 8.00. The SMILES string of the molecule is C=CCn1c(S[C@H](C(=O)Nc2ccc(OC)c(Cl)c2)c2ccccc2)nc2sc(C)c(C)c2c1=O. The van der Waals surface area contributed by atoms with Gasteiger partial charge in [0.15, 0.2) is 5.16 Å². The number of rotatable bonds is 8. The normalized spacial score (nSPS) is 11.9. The lowest BCUT2D eigenvalue weighted by Crippen LogP contribution is -2.25. The van der Waals surface area contributed by atoms with Crippen molar-refractivity contribution in [3.63, 3.8) is 0 Å². The molecule has 0 aliphatic rings. The highest BCUT2D eigenvalue weighted by atomic mass is 35.5. The second kappa shape index (κ2) is 10.7. The van der Waals surface area contributed by atoms with Gasteiger partial charge < -0.3 is 10.1 Å². The van der Waals surface area contributed by atoms with E-state index in [4.69, 9.17) is 21.3 Å². The van der Waals surface area contributed by atoms with Crippen molar-refractivity contribution in [2.75, 3.05) is 12.4 Å². The van der Waals surface area contributed by atoms with E-state index in [9.17, 15) is 9.59 Å². The number of thioether (sulfide) groups is 1. The van der Waals surface area contributed by atoms with Crippen molar-refractivity contribution >= 4 is 56.5 Å². The molecule has 0 unspecified atom stereocenters. The van der Waals surface area contributed by atoms with Crippen molar-refractivity contribution in [2.24, 2.45) is 0 Å². The molecular formula is C26H24ClN3O3S2. The Bertz CT molecular complexity index is 1460. The van der Waals surface area contributed by atoms with Crippen molar-refractivity contribution in [1.29, 1.82) is 0 Å². The maximum absolute atomic E-state index is 13.5. The van der Waals surface area contributed by atoms with Crippen LogP contribution in [0.4, 0.5) is 5.69 Å². The number of halogens is 1. The molecule has 0 bridgehead atoms. The van der Waals surface area contributed by atoms with E-state index in [1.165, 1.54) is 30.2 Å². The Balaban J connectivity index is 1.76. The first-order valence-corrected chi connectivity index (χ1v) is 12.9. The quantitative estimate of drug-likeness (QED) is 0.164. The Labute approximate surface area is 216 Å². The van der Waals surface area contributed by atoms with Gasteiger partial charge in [-0.2, -0.15) is 0 Å². The van der Waals surface area contributed by atoms with Crippen molar-refractivity contribution in [3.8, 4) is 5.75 Å². The van der Waals surface area contributed by atoms with E-state index in [0.717, 1.165) is 16.0 Å². The number of benzene rings is 2. The fourth-order valence-electron chi connectivity index (χ4n) is 3.65. The number of amides is 1. The molecular weight excluding hydrogens is 502 g/mol. The third-order valence-electron chi connectivity index (χ3n) is 5.55. The number of nitrogens with one attached hydrogen (secondary N) is 1. The van der Waals surface area contributed by atoms with Crippen LogP contribution in [-0.2, 0) is 11.3 Å². The molecule has 4 aromatic rings. The zero-order valence-corrected chi connectivity index (χ0v) is 21.9. The van der Waals surface area contributed by atoms with Crippen LogP contribution in [0.1, 0.15) is 21.3 Å². The van der Waals surface area contributed by atoms with E-state index in [1.54, 1.807) is 28.8 Å². The highest BCUT2D eigenvalue weighted by molar-refractivity contribution is 8.00. The zero-order valence-electron chi connectivity index (χ0n) is 19.5. The minimum atomic E-state index is -0.667. The smallest absolute Gasteiger partial charge is 0.263 e. The number of anilines is 1. The molecule has 2 aromatic carbocycles. The number of ether oxygens (including phenoxy) is 1. The van der Waals surface area contributed by atoms with Gasteiger partial charge in [0.25, 0.3) is 5.56 Å². The highest BCUT2D eigenvalue weighted by Crippen LogP contribution is 2.37. The number of carbonyl (C=O) groups is 1. The van der Waals surface area contributed by atoms with Crippen molar-refractivity contribution in [3.05, 3.63) is 92.6 Å². The molecule has 9 heteroatoms. The van der Waals surface area contributed by atoms with Gasteiger partial charge in [-0.25, -0.2) is 4.98 Å². The van der Waals surface area contributed by atoms with E-state index < -0.39 is 5.25 Å². The topological polar surface area (TPSA) is 73.2 Å². The van der Waals surface area contributed by atoms with Crippen LogP contribution < -0.4 is 15.6 Å². The van der Waals surface area contributed by atoms with Crippen LogP contribution in [-0.4, -0.2) is 22.6 Å². The molecule has 0 aliphatic heterocycles. The van der Waals surface area contributed by atoms with Gasteiger partial charge in [-0.3, -0.25) is 14.2 Å². The minimum Gasteiger partial charge on any atom is -0.495 e. The number of hydrogen-bond donors (Lipinski definition) is 1. The number of aryl methyl sites for hydroxylation is 2. The molecule has 1 atom stereocenters. The lowest BCUT2D eigenvalue weighted by atomic mass is 10.1. The number of thiophene rings is 1. The molecule has 2 heterocycles. The summed E-state index contributed by atoms with van der Waals surface area (Å²) in [7, 11) is 1.53. The Morgan fingerprint density at radius 1 is 1.29 bits per heavy atom. The van der Waals surface area contributed by atoms with Crippen LogP contribution in [0.15, 0.2) is 71.1 Å². The molecule has 0 spiro atoms. The summed E-state index contributed by atoms with van der Waals surface area (Å²) in [6, 6.07) is 14.5. The second-order valence-electron chi connectivity index (χ2n) is 7.81. The highest BCUT2D eigenvalue weighted by Gasteiger charge is 2.26. The zero-order chi connectivity index (χ0) is 25.1. The van der Waals surface area contributed by atoms with E-state index in [0.29, 0.717) is 31.8 Å². The van der Waals surface area contributed by atoms with Crippen LogP contribution in [0.25, 0.3) is 10.2 Å². The molecule has 180 valence electrons. The molecule has 35 heavy (non-hydrogen) atoms. The minimum absolute atomic E-state index is 0.131. The van der Waals surface area contributed by atoms with Crippen LogP contribution in [0, 0.1) is 13.8 Å². The maximum Gasteiger partial charge on any atom is 0.263 e. The number of fused-ring (bicyclic) bond motifs is 1. The standard InChI is InChI=1S/C26H24ClN3O3S2/c1-5-13-30-25(32)21-15(2)16(3)34-24(21)29-26(30)35-22(17-9-7-6-8-10-17)23(31)28-18-11-12-20(33-4)19(27)14-18/h5-12,14,22H,1,13H2,2-4H3,(H,28,31)/t22-/m0/s1. The van der Waals surface area contributed by atoms with Gasteiger partial charge in [-0.1, -0.05) is 59.8 Å². The third-order valence-corrected chi connectivity index (χ3v) is 8.19. The summed E-state index contributed by atoms with van der Waals surface area (Å²) in [5.41, 5.74) is 2.13. The molecule has 0 saturated carbocycles. The Kier molecular flexibility index (Phi) is 7.64. The van der Waals surface area contributed by atoms with E-state index in [-0.39, 0.29) is 18.0 Å². The molecule has 2 aromatic heterocycles. The summed E-state index contributed by atoms with van der Waals surface area (Å²) < 4.78 is 6.77. The largest absolute Gasteiger partial charge is 0.495 e. The first kappa shape index (κ1) is 25.0. The molecule has 4 rings (SSSR count). The maximum atomic E-state index is 13.5. The van der Waals surface area contributed by atoms with Gasteiger partial charge in [0, 0.05) is 17.1 Å². The van der Waals surface area contributed by atoms with Gasteiger partial charge in [-0.15, -0.1) is 17.9 Å². The lowest BCUT2D eigenvalue weighted by Gasteiger charge is -2.19. The Morgan fingerprint density at radius 3 is 2.69 bits per heavy atom. The Hall–Kier alpha value is -3.07. The van der Waals surface area contributed by atoms with Crippen molar-refractivity contribution < 1.29 is 9.53 Å². The first-order chi connectivity index (χ1) is 16.8. The Morgan fingerprint density at radius 2 is 2.03 bits per heavy atom. The van der Waals surface area contributed by atoms with Gasteiger partial charge in [0.2, 0.25) is 5.91 Å². The van der Waals surface area contributed by atoms with Gasteiger partial charge in [0.05, 0.1) is 17.5 Å². The summed E-state index contributed by atoms with van der Waals surface area (Å²) >= 11 is 8.96. The molecule has 0 fully saturated rings. The third kappa shape index (κ3) is 5.15. The number of aromatic nitrogens is 2. The first-order valence-electron chi connectivity index (χ1n) is 10.8. The van der Waals surface area contributed by atoms with Crippen LogP contribution in [0.3, 0.4) is 0 Å². The number of nitrogens with zero attached hydrogens (tertiary/aromatic N) is 2. The summed E-state index contributed by atoms with van der Waals surface area (Å²) in [4.78, 5) is 33.4. The summed E-state index contributed by atoms with van der Waals surface area (Å²) in [5.74, 6) is 0.256. The molecule has 1 N–H and O–H groups in total. The predicted octanol–water partition coefficient (Wildman–Crippen LogP) is 6.39. The summed E-state index contributed by atoms with van der Waals surface area (Å²) in [6.07, 6.45) is 1.66. The molecule has 6 nitrogen and oxygen atoms in total. The number of methoxy groups -OCH3 is 1. The van der Waals surface area contributed by atoms with Crippen LogP contribution in [0.5, 0.6) is 5.75 Å². The molecule has 0 saturated heterocycles. The monoisotopic (exact) mass is 525 g/mol. The van der Waals surface area contributed by atoms with Crippen molar-refractivity contribution in [1.82, 2.24) is 9.55 Å². The molecule has 1 amide bonds.